The van der Waals surface area contributed by atoms with Crippen molar-refractivity contribution in [3.8, 4) is 11.6 Å². The van der Waals surface area contributed by atoms with E-state index in [2.05, 4.69) is 25.9 Å². The van der Waals surface area contributed by atoms with Gasteiger partial charge in [-0.25, -0.2) is 4.39 Å². The van der Waals surface area contributed by atoms with Crippen LogP contribution in [0.25, 0.3) is 5.76 Å². The number of aromatic nitrogens is 1. The highest BCUT2D eigenvalue weighted by molar-refractivity contribution is 6.74. The Balaban J connectivity index is 1.24. The number of fused-ring (bicyclic) bond motifs is 4. The van der Waals surface area contributed by atoms with E-state index < -0.39 is 60.0 Å². The van der Waals surface area contributed by atoms with Gasteiger partial charge in [-0.2, -0.15) is 0 Å². The van der Waals surface area contributed by atoms with E-state index in [1.807, 2.05) is 158 Å². The Hall–Kier alpha value is -6.34. The van der Waals surface area contributed by atoms with Gasteiger partial charge in [-0.3, -0.25) is 14.5 Å². The fourth-order valence-electron chi connectivity index (χ4n) is 9.90. The fourth-order valence-corrected chi connectivity index (χ4v) is 11.3. The standard InChI is InChI=1S/C55H58FN3O7Si/c1-54(2,3)67(6,7)66-55-41(47(58(4)5)50-46(52(55)62)53(57-65-50)64-34-38-26-18-11-19-27-38)29-39-28-40-42(56)30-43(59(31-35-20-12-8-13-21-35)32-36-22-14-9-15-23-36)49(45(40)48(60)44(39)51(55)61)63-33-37-24-16-10-17-25-37/h8-27,30,39,41,47,60H,28-29,31-34H2,1-7H3/t39-,41-,47-,55-/m0/s1. The zero-order valence-corrected chi connectivity index (χ0v) is 40.2. The molecule has 5 aromatic carbocycles. The summed E-state index contributed by atoms with van der Waals surface area (Å²) >= 11 is 0. The highest BCUT2D eigenvalue weighted by Gasteiger charge is 2.69. The summed E-state index contributed by atoms with van der Waals surface area (Å²) in [6.07, 6.45) is 0.269. The normalized spacial score (nSPS) is 20.2. The van der Waals surface area contributed by atoms with Crippen molar-refractivity contribution in [1.29, 1.82) is 0 Å². The number of ether oxygens (including phenoxy) is 2. The topological polar surface area (TPSA) is 115 Å². The van der Waals surface area contributed by atoms with Gasteiger partial charge in [0.1, 0.15) is 30.4 Å². The number of aliphatic hydroxyl groups is 1. The summed E-state index contributed by atoms with van der Waals surface area (Å²) in [6, 6.07) is 39.8. The first-order chi connectivity index (χ1) is 32.1. The predicted octanol–water partition coefficient (Wildman–Crippen LogP) is 11.5. The molecular formula is C55H58FN3O7Si. The second-order valence-corrected chi connectivity index (χ2v) is 24.6. The van der Waals surface area contributed by atoms with Crippen molar-refractivity contribution in [1.82, 2.24) is 10.1 Å². The molecule has 1 heterocycles. The maximum atomic E-state index is 17.3. The summed E-state index contributed by atoms with van der Waals surface area (Å²) in [5, 5.41) is 16.9. The zero-order chi connectivity index (χ0) is 47.3. The predicted molar refractivity (Wildman–Crippen MR) is 259 cm³/mol. The summed E-state index contributed by atoms with van der Waals surface area (Å²) in [7, 11) is 0.721. The van der Waals surface area contributed by atoms with Crippen LogP contribution >= 0.6 is 0 Å². The number of rotatable bonds is 14. The van der Waals surface area contributed by atoms with Crippen LogP contribution in [0.3, 0.4) is 0 Å². The van der Waals surface area contributed by atoms with E-state index in [-0.39, 0.29) is 65.7 Å². The number of hydrogen-bond donors (Lipinski definition) is 1. The van der Waals surface area contributed by atoms with Crippen molar-refractivity contribution in [2.75, 3.05) is 19.0 Å². The van der Waals surface area contributed by atoms with E-state index in [9.17, 15) is 5.11 Å². The first kappa shape index (κ1) is 45.8. The van der Waals surface area contributed by atoms with Crippen molar-refractivity contribution in [3.63, 3.8) is 0 Å². The molecule has 9 rings (SSSR count). The second-order valence-electron chi connectivity index (χ2n) is 19.8. The minimum absolute atomic E-state index is 0.0266. The molecule has 67 heavy (non-hydrogen) atoms. The molecule has 1 aromatic heterocycles. The number of hydrogen-bond acceptors (Lipinski definition) is 10. The number of halogens is 1. The van der Waals surface area contributed by atoms with E-state index in [0.717, 1.165) is 22.3 Å². The lowest BCUT2D eigenvalue weighted by molar-refractivity contribution is -0.140. The summed E-state index contributed by atoms with van der Waals surface area (Å²) < 4.78 is 43.8. The number of Topliss-reactive ketones (excluding diaryl/α,β-unsaturated/α-hetero) is 2. The number of carbonyl (C=O) groups is 2. The Labute approximate surface area is 393 Å². The van der Waals surface area contributed by atoms with Gasteiger partial charge in [0.15, 0.2) is 25.4 Å². The third-order valence-electron chi connectivity index (χ3n) is 14.2. The van der Waals surface area contributed by atoms with Gasteiger partial charge in [0.05, 0.1) is 17.3 Å². The summed E-state index contributed by atoms with van der Waals surface area (Å²) in [6.45, 7) is 11.2. The van der Waals surface area contributed by atoms with Crippen LogP contribution in [-0.2, 0) is 41.9 Å². The van der Waals surface area contributed by atoms with Crippen molar-refractivity contribution < 1.29 is 37.5 Å². The molecule has 1 saturated carbocycles. The van der Waals surface area contributed by atoms with Crippen LogP contribution in [0.2, 0.25) is 18.1 Å². The van der Waals surface area contributed by atoms with Crippen molar-refractivity contribution >= 4 is 31.3 Å². The molecule has 0 radical (unpaired) electrons. The number of ketones is 2. The molecule has 0 bridgehead atoms. The molecule has 10 nitrogen and oxygen atoms in total. The lowest BCUT2D eigenvalue weighted by Gasteiger charge is -2.55. The van der Waals surface area contributed by atoms with Crippen LogP contribution in [-0.4, -0.2) is 54.7 Å². The Kier molecular flexibility index (Phi) is 12.3. The Morgan fingerprint density at radius 2 is 1.30 bits per heavy atom. The molecule has 1 fully saturated rings. The summed E-state index contributed by atoms with van der Waals surface area (Å²) in [5.74, 6) is -3.20. The van der Waals surface area contributed by atoms with Gasteiger partial charge in [0, 0.05) is 36.2 Å². The Bertz CT molecular complexity index is 2770. The maximum absolute atomic E-state index is 17.3. The van der Waals surface area contributed by atoms with Gasteiger partial charge in [-0.05, 0) is 78.4 Å². The number of carbonyl (C=O) groups excluding carboxylic acids is 2. The highest BCUT2D eigenvalue weighted by atomic mass is 28.4. The van der Waals surface area contributed by atoms with Crippen molar-refractivity contribution in [2.24, 2.45) is 11.8 Å². The zero-order valence-electron chi connectivity index (χ0n) is 39.2. The SMILES string of the molecule is CN(C)[C@@H]1c2onc(OCc3ccccc3)c2C(=O)[C@@]2(O[Si](C)(C)C(C)(C)C)C(=O)C3=C(O)c4c(c(F)cc(N(Cc5ccccc5)Cc5ccccc5)c4OCc4ccccc4)C[C@H]3C[C@@H]12. The number of aliphatic hydroxyl groups excluding tert-OH is 1. The molecule has 3 aliphatic carbocycles. The molecule has 3 aliphatic rings. The molecule has 4 atom stereocenters. The summed E-state index contributed by atoms with van der Waals surface area (Å²) in [5.41, 5.74) is 2.39. The van der Waals surface area contributed by atoms with Crippen molar-refractivity contribution in [3.05, 3.63) is 183 Å². The van der Waals surface area contributed by atoms with Gasteiger partial charge in [0.2, 0.25) is 11.6 Å². The van der Waals surface area contributed by atoms with Crippen LogP contribution in [0.5, 0.6) is 11.6 Å². The molecule has 0 unspecified atom stereocenters. The van der Waals surface area contributed by atoms with E-state index >= 15 is 14.0 Å². The van der Waals surface area contributed by atoms with Crippen LogP contribution in [0, 0.1) is 17.7 Å². The lowest BCUT2D eigenvalue weighted by Crippen LogP contribution is -2.68. The fraction of sp³-hybridized carbons (Fsp3) is 0.327. The minimum Gasteiger partial charge on any atom is -0.507 e. The molecular weight excluding hydrogens is 862 g/mol. The molecule has 0 saturated heterocycles. The highest BCUT2D eigenvalue weighted by Crippen LogP contribution is 2.59. The van der Waals surface area contributed by atoms with Crippen LogP contribution in [0.1, 0.15) is 82.7 Å². The molecule has 6 aromatic rings. The van der Waals surface area contributed by atoms with Crippen LogP contribution in [0.4, 0.5) is 10.1 Å². The average Bonchev–Trinajstić information content (AvgIpc) is 3.73. The number of benzene rings is 5. The van der Waals surface area contributed by atoms with E-state index in [1.54, 1.807) is 0 Å². The van der Waals surface area contributed by atoms with Gasteiger partial charge < -0.3 is 28.4 Å². The van der Waals surface area contributed by atoms with Gasteiger partial charge >= 0.3 is 0 Å². The molecule has 0 spiro atoms. The first-order valence-corrected chi connectivity index (χ1v) is 25.9. The Morgan fingerprint density at radius 3 is 1.82 bits per heavy atom. The van der Waals surface area contributed by atoms with E-state index in [0.29, 0.717) is 18.8 Å². The third-order valence-corrected chi connectivity index (χ3v) is 18.6. The van der Waals surface area contributed by atoms with E-state index in [4.69, 9.17) is 18.4 Å². The van der Waals surface area contributed by atoms with Crippen LogP contribution in [0.15, 0.2) is 137 Å². The van der Waals surface area contributed by atoms with E-state index in [1.165, 1.54) is 6.07 Å². The molecule has 0 amide bonds. The lowest BCUT2D eigenvalue weighted by atomic mass is 9.57. The van der Waals surface area contributed by atoms with Gasteiger partial charge in [-0.15, -0.1) is 0 Å². The number of anilines is 1. The number of nitrogens with zero attached hydrogens (tertiary/aromatic N) is 3. The van der Waals surface area contributed by atoms with Crippen molar-refractivity contribution in [2.45, 2.75) is 89.7 Å². The molecule has 1 N–H and O–H groups in total. The third kappa shape index (κ3) is 8.40. The van der Waals surface area contributed by atoms with Gasteiger partial charge in [-0.1, -0.05) is 142 Å². The molecule has 12 heteroatoms. The summed E-state index contributed by atoms with van der Waals surface area (Å²) in [4.78, 5) is 36.0. The smallest absolute Gasteiger partial charge is 0.265 e. The quantitative estimate of drug-likeness (QED) is 0.0836. The minimum atomic E-state index is -3.01. The van der Waals surface area contributed by atoms with Gasteiger partial charge in [0.25, 0.3) is 5.88 Å². The Morgan fingerprint density at radius 1 is 0.776 bits per heavy atom. The van der Waals surface area contributed by atoms with Crippen LogP contribution < -0.4 is 14.4 Å². The molecule has 346 valence electrons. The largest absolute Gasteiger partial charge is 0.507 e. The monoisotopic (exact) mass is 919 g/mol. The first-order valence-electron chi connectivity index (χ1n) is 23.0. The average molecular weight is 920 g/mol. The maximum Gasteiger partial charge on any atom is 0.265 e. The molecule has 0 aliphatic heterocycles. The second kappa shape index (κ2) is 18.0.